The van der Waals surface area contributed by atoms with Crippen LogP contribution in [0.25, 0.3) is 0 Å². The van der Waals surface area contributed by atoms with Crippen molar-refractivity contribution < 1.29 is 22.7 Å². The van der Waals surface area contributed by atoms with E-state index in [4.69, 9.17) is 4.74 Å². The molecule has 0 aromatic carbocycles. The lowest BCUT2D eigenvalue weighted by molar-refractivity contribution is -0.232. The zero-order chi connectivity index (χ0) is 20.4. The van der Waals surface area contributed by atoms with E-state index in [-0.39, 0.29) is 31.0 Å². The number of urea groups is 1. The molecule has 0 aliphatic carbocycles. The van der Waals surface area contributed by atoms with Gasteiger partial charge in [-0.05, 0) is 30.9 Å². The van der Waals surface area contributed by atoms with Crippen molar-refractivity contribution >= 4 is 6.03 Å². The molecule has 2 aliphatic rings. The molecule has 2 amide bonds. The van der Waals surface area contributed by atoms with E-state index in [2.05, 4.69) is 10.3 Å². The van der Waals surface area contributed by atoms with E-state index in [1.165, 1.54) is 0 Å². The zero-order valence-corrected chi connectivity index (χ0v) is 16.4. The summed E-state index contributed by atoms with van der Waals surface area (Å²) in [5.74, 6) is -1.38. The van der Waals surface area contributed by atoms with Crippen LogP contribution < -0.4 is 5.32 Å². The molecular formula is C20H28F3N3O2. The van der Waals surface area contributed by atoms with Crippen LogP contribution in [0.1, 0.15) is 38.7 Å². The van der Waals surface area contributed by atoms with Gasteiger partial charge in [-0.3, -0.25) is 4.98 Å². The fourth-order valence-corrected chi connectivity index (χ4v) is 4.40. The van der Waals surface area contributed by atoms with Crippen LogP contribution in [0.15, 0.2) is 24.5 Å². The minimum atomic E-state index is -4.25. The molecule has 1 aromatic heterocycles. The van der Waals surface area contributed by atoms with Crippen molar-refractivity contribution in [3.05, 3.63) is 30.1 Å². The van der Waals surface area contributed by atoms with Gasteiger partial charge in [0.1, 0.15) is 0 Å². The van der Waals surface area contributed by atoms with Gasteiger partial charge >= 0.3 is 12.2 Å². The second-order valence-electron chi connectivity index (χ2n) is 8.56. The topological polar surface area (TPSA) is 54.5 Å². The van der Waals surface area contributed by atoms with Gasteiger partial charge in [-0.15, -0.1) is 0 Å². The first-order valence-electron chi connectivity index (χ1n) is 9.72. The van der Waals surface area contributed by atoms with Gasteiger partial charge in [-0.1, -0.05) is 19.9 Å². The number of amides is 2. The third kappa shape index (κ3) is 4.42. The number of rotatable bonds is 3. The van der Waals surface area contributed by atoms with Crippen molar-refractivity contribution in [3.8, 4) is 0 Å². The van der Waals surface area contributed by atoms with Crippen molar-refractivity contribution in [2.45, 2.75) is 44.7 Å². The highest BCUT2D eigenvalue weighted by Crippen LogP contribution is 2.50. The molecule has 5 nitrogen and oxygen atoms in total. The third-order valence-electron chi connectivity index (χ3n) is 6.23. The summed E-state index contributed by atoms with van der Waals surface area (Å²) in [6.45, 7) is 5.25. The van der Waals surface area contributed by atoms with Gasteiger partial charge in [0, 0.05) is 56.1 Å². The van der Waals surface area contributed by atoms with Crippen molar-refractivity contribution in [1.29, 1.82) is 0 Å². The van der Waals surface area contributed by atoms with E-state index in [1.54, 1.807) is 17.3 Å². The number of aromatic nitrogens is 1. The van der Waals surface area contributed by atoms with Crippen LogP contribution in [0, 0.1) is 11.3 Å². The van der Waals surface area contributed by atoms with Gasteiger partial charge in [0.2, 0.25) is 0 Å². The van der Waals surface area contributed by atoms with Crippen LogP contribution in [0.2, 0.25) is 0 Å². The summed E-state index contributed by atoms with van der Waals surface area (Å²) in [6, 6.07) is 3.49. The number of nitrogens with zero attached hydrogens (tertiary/aromatic N) is 2. The zero-order valence-electron chi connectivity index (χ0n) is 16.4. The molecule has 8 heteroatoms. The van der Waals surface area contributed by atoms with Crippen molar-refractivity contribution in [2.24, 2.45) is 11.3 Å². The van der Waals surface area contributed by atoms with E-state index >= 15 is 0 Å². The van der Waals surface area contributed by atoms with Gasteiger partial charge in [0.05, 0.1) is 5.92 Å². The van der Waals surface area contributed by atoms with Gasteiger partial charge in [-0.25, -0.2) is 4.79 Å². The Morgan fingerprint density at radius 2 is 2.07 bits per heavy atom. The first kappa shape index (κ1) is 20.9. The Labute approximate surface area is 163 Å². The average Bonchev–Trinajstić information content (AvgIpc) is 2.66. The number of carbonyl (C=O) groups excluding carboxylic acids is 1. The lowest BCUT2D eigenvalue weighted by Gasteiger charge is -2.50. The lowest BCUT2D eigenvalue weighted by Crippen LogP contribution is -2.58. The summed E-state index contributed by atoms with van der Waals surface area (Å²) >= 11 is 0. The summed E-state index contributed by atoms with van der Waals surface area (Å²) in [4.78, 5) is 18.4. The van der Waals surface area contributed by atoms with E-state index in [0.29, 0.717) is 32.6 Å². The molecule has 0 bridgehead atoms. The largest absolute Gasteiger partial charge is 0.392 e. The summed E-state index contributed by atoms with van der Waals surface area (Å²) in [7, 11) is 0. The first-order valence-corrected chi connectivity index (χ1v) is 9.72. The number of likely N-dealkylation sites (tertiary alicyclic amines) is 1. The Bertz CT molecular complexity index is 673. The monoisotopic (exact) mass is 399 g/mol. The summed E-state index contributed by atoms with van der Waals surface area (Å²) < 4.78 is 46.2. The number of piperidine rings is 1. The predicted molar refractivity (Wildman–Crippen MR) is 98.9 cm³/mol. The number of alkyl halides is 3. The van der Waals surface area contributed by atoms with Crippen LogP contribution in [0.4, 0.5) is 18.0 Å². The molecular weight excluding hydrogens is 371 g/mol. The number of hydrogen-bond acceptors (Lipinski definition) is 3. The minimum absolute atomic E-state index is 0.0527. The Hall–Kier alpha value is -1.83. The SMILES string of the molecule is CC(C)(CNC(=O)N1CC[C@H](C(F)(F)F)C2(CCOCC2)C1)c1cccnc1. The number of nitrogens with one attached hydrogen (secondary N) is 1. The molecule has 0 unspecified atom stereocenters. The van der Waals surface area contributed by atoms with Crippen molar-refractivity contribution in [1.82, 2.24) is 15.2 Å². The quantitative estimate of drug-likeness (QED) is 0.842. The molecule has 1 aromatic rings. The maximum absolute atomic E-state index is 13.6. The Balaban J connectivity index is 1.66. The highest BCUT2D eigenvalue weighted by molar-refractivity contribution is 5.74. The van der Waals surface area contributed by atoms with Crippen LogP contribution in [0.3, 0.4) is 0 Å². The Kier molecular flexibility index (Phi) is 5.89. The summed E-state index contributed by atoms with van der Waals surface area (Å²) in [5, 5.41) is 2.91. The molecule has 2 fully saturated rings. The maximum Gasteiger partial charge on any atom is 0.392 e. The lowest BCUT2D eigenvalue weighted by atomic mass is 9.66. The minimum Gasteiger partial charge on any atom is -0.381 e. The Morgan fingerprint density at radius 3 is 2.68 bits per heavy atom. The molecule has 0 saturated carbocycles. The van der Waals surface area contributed by atoms with Crippen LogP contribution in [-0.2, 0) is 10.2 Å². The average molecular weight is 399 g/mol. The second-order valence-corrected chi connectivity index (χ2v) is 8.56. The van der Waals surface area contributed by atoms with Crippen molar-refractivity contribution in [3.63, 3.8) is 0 Å². The molecule has 28 heavy (non-hydrogen) atoms. The molecule has 1 spiro atoms. The third-order valence-corrected chi connectivity index (χ3v) is 6.23. The number of hydrogen-bond donors (Lipinski definition) is 1. The number of carbonyl (C=O) groups is 1. The predicted octanol–water partition coefficient (Wildman–Crippen LogP) is 3.75. The van der Waals surface area contributed by atoms with Gasteiger partial charge in [-0.2, -0.15) is 13.2 Å². The second kappa shape index (κ2) is 7.89. The number of ether oxygens (including phenoxy) is 1. The van der Waals surface area contributed by atoms with Crippen LogP contribution in [0.5, 0.6) is 0 Å². The van der Waals surface area contributed by atoms with E-state index in [0.717, 1.165) is 5.56 Å². The highest BCUT2D eigenvalue weighted by Gasteiger charge is 2.56. The van der Waals surface area contributed by atoms with Crippen molar-refractivity contribution in [2.75, 3.05) is 32.8 Å². The normalized spacial score (nSPS) is 22.9. The molecule has 1 atom stereocenters. The summed E-state index contributed by atoms with van der Waals surface area (Å²) in [5.41, 5.74) is -0.276. The fourth-order valence-electron chi connectivity index (χ4n) is 4.40. The Morgan fingerprint density at radius 1 is 1.36 bits per heavy atom. The molecule has 2 aliphatic heterocycles. The number of halogens is 3. The van der Waals surface area contributed by atoms with Gasteiger partial charge in [0.25, 0.3) is 0 Å². The highest BCUT2D eigenvalue weighted by atomic mass is 19.4. The van der Waals surface area contributed by atoms with E-state index < -0.39 is 17.5 Å². The molecule has 1 N–H and O–H groups in total. The molecule has 3 rings (SSSR count). The summed E-state index contributed by atoms with van der Waals surface area (Å²) in [6.07, 6.45) is -0.177. The molecule has 3 heterocycles. The van der Waals surface area contributed by atoms with E-state index in [9.17, 15) is 18.0 Å². The standard InChI is InChI=1S/C20H28F3N3O2/c1-18(2,15-4-3-8-24-12-15)13-25-17(27)26-9-5-16(20(21,22)23)19(14-26)6-10-28-11-7-19/h3-4,8,12,16H,5-7,9-11,13-14H2,1-2H3,(H,25,27)/t16-/m0/s1. The first-order chi connectivity index (χ1) is 13.1. The van der Waals surface area contributed by atoms with Gasteiger partial charge in [0.15, 0.2) is 0 Å². The smallest absolute Gasteiger partial charge is 0.381 e. The molecule has 0 radical (unpaired) electrons. The maximum atomic E-state index is 13.6. The fraction of sp³-hybridized carbons (Fsp3) is 0.700. The van der Waals surface area contributed by atoms with E-state index in [1.807, 2.05) is 26.0 Å². The molecule has 156 valence electrons. The van der Waals surface area contributed by atoms with Crippen LogP contribution in [-0.4, -0.2) is 54.9 Å². The number of pyridine rings is 1. The molecule has 2 saturated heterocycles. The van der Waals surface area contributed by atoms with Gasteiger partial charge < -0.3 is 15.0 Å². The van der Waals surface area contributed by atoms with Crippen LogP contribution >= 0.6 is 0 Å².